The lowest BCUT2D eigenvalue weighted by Gasteiger charge is -2.33. The van der Waals surface area contributed by atoms with Gasteiger partial charge in [0.25, 0.3) is 11.8 Å². The zero-order valence-corrected chi connectivity index (χ0v) is 15.9. The fourth-order valence-electron chi connectivity index (χ4n) is 3.63. The van der Waals surface area contributed by atoms with Crippen LogP contribution in [0.5, 0.6) is 5.88 Å². The number of pyridine rings is 1. The monoisotopic (exact) mass is 430 g/mol. The SMILES string of the molecule is NC(=O)c1cccnc1OC1CCC(N2C(=O)NC(CCOC(F)(F)F)C2=O)CC1. The van der Waals surface area contributed by atoms with Crippen molar-refractivity contribution in [3.05, 3.63) is 23.9 Å². The summed E-state index contributed by atoms with van der Waals surface area (Å²) < 4.78 is 45.7. The van der Waals surface area contributed by atoms with Crippen molar-refractivity contribution < 1.29 is 37.0 Å². The summed E-state index contributed by atoms with van der Waals surface area (Å²) in [6, 6.07) is 1.02. The third kappa shape index (κ3) is 5.17. The van der Waals surface area contributed by atoms with Crippen LogP contribution in [0.15, 0.2) is 18.3 Å². The molecule has 0 aromatic carbocycles. The summed E-state index contributed by atoms with van der Waals surface area (Å²) in [5.74, 6) is -1.09. The highest BCUT2D eigenvalue weighted by atomic mass is 19.4. The maximum Gasteiger partial charge on any atom is 0.522 e. The van der Waals surface area contributed by atoms with Gasteiger partial charge in [-0.25, -0.2) is 9.78 Å². The maximum atomic E-state index is 12.5. The van der Waals surface area contributed by atoms with Crippen LogP contribution in [0, 0.1) is 0 Å². The molecule has 30 heavy (non-hydrogen) atoms. The molecule has 0 spiro atoms. The van der Waals surface area contributed by atoms with E-state index in [1.807, 2.05) is 0 Å². The summed E-state index contributed by atoms with van der Waals surface area (Å²) >= 11 is 0. The average Bonchev–Trinajstić information content (AvgIpc) is 2.95. The standard InChI is InChI=1S/C18H21F3N4O5/c19-18(20,21)29-9-7-13-16(27)25(17(28)24-13)10-3-5-11(6-4-10)30-15-12(14(22)26)2-1-8-23-15/h1-2,8,10-11,13H,3-7,9H2,(H2,22,26)(H,24,28). The number of nitrogens with two attached hydrogens (primary N) is 1. The number of primary amides is 1. The molecule has 1 saturated carbocycles. The van der Waals surface area contributed by atoms with E-state index in [1.54, 1.807) is 6.07 Å². The molecule has 1 atom stereocenters. The first kappa shape index (κ1) is 21.8. The van der Waals surface area contributed by atoms with Gasteiger partial charge in [-0.15, -0.1) is 13.2 Å². The van der Waals surface area contributed by atoms with Crippen LogP contribution in [-0.4, -0.2) is 58.9 Å². The van der Waals surface area contributed by atoms with Crippen LogP contribution in [0.1, 0.15) is 42.5 Å². The van der Waals surface area contributed by atoms with Gasteiger partial charge in [0, 0.05) is 18.7 Å². The van der Waals surface area contributed by atoms with Crippen LogP contribution >= 0.6 is 0 Å². The van der Waals surface area contributed by atoms with E-state index in [-0.39, 0.29) is 30.0 Å². The van der Waals surface area contributed by atoms with E-state index in [4.69, 9.17) is 10.5 Å². The number of alkyl halides is 3. The smallest absolute Gasteiger partial charge is 0.474 e. The van der Waals surface area contributed by atoms with Gasteiger partial charge < -0.3 is 15.8 Å². The summed E-state index contributed by atoms with van der Waals surface area (Å²) in [5, 5.41) is 2.41. The number of nitrogens with one attached hydrogen (secondary N) is 1. The molecule has 9 nitrogen and oxygen atoms in total. The van der Waals surface area contributed by atoms with Gasteiger partial charge in [-0.1, -0.05) is 0 Å². The van der Waals surface area contributed by atoms with E-state index in [0.717, 1.165) is 4.90 Å². The Kier molecular flexibility index (Phi) is 6.44. The van der Waals surface area contributed by atoms with Crippen molar-refractivity contribution in [3.63, 3.8) is 0 Å². The van der Waals surface area contributed by atoms with Gasteiger partial charge in [-0.05, 0) is 37.8 Å². The molecule has 2 heterocycles. The average molecular weight is 430 g/mol. The topological polar surface area (TPSA) is 124 Å². The number of amides is 4. The van der Waals surface area contributed by atoms with Crippen LogP contribution < -0.4 is 15.8 Å². The van der Waals surface area contributed by atoms with Crippen LogP contribution in [0.25, 0.3) is 0 Å². The van der Waals surface area contributed by atoms with Crippen LogP contribution in [0.2, 0.25) is 0 Å². The molecule has 3 N–H and O–H groups in total. The van der Waals surface area contributed by atoms with Gasteiger partial charge >= 0.3 is 12.4 Å². The first-order chi connectivity index (χ1) is 14.2. The van der Waals surface area contributed by atoms with Crippen molar-refractivity contribution in [2.75, 3.05) is 6.61 Å². The number of hydrogen-bond acceptors (Lipinski definition) is 6. The van der Waals surface area contributed by atoms with Crippen molar-refractivity contribution in [1.82, 2.24) is 15.2 Å². The number of rotatable bonds is 7. The first-order valence-electron chi connectivity index (χ1n) is 9.41. The van der Waals surface area contributed by atoms with Crippen molar-refractivity contribution in [3.8, 4) is 5.88 Å². The van der Waals surface area contributed by atoms with E-state index >= 15 is 0 Å². The normalized spacial score (nSPS) is 24.6. The molecule has 12 heteroatoms. The zero-order valence-electron chi connectivity index (χ0n) is 15.9. The molecule has 1 saturated heterocycles. The molecule has 1 aliphatic heterocycles. The largest absolute Gasteiger partial charge is 0.522 e. The molecule has 1 unspecified atom stereocenters. The van der Waals surface area contributed by atoms with Gasteiger partial charge in [0.1, 0.15) is 17.7 Å². The highest BCUT2D eigenvalue weighted by Crippen LogP contribution is 2.29. The third-order valence-corrected chi connectivity index (χ3v) is 5.05. The highest BCUT2D eigenvalue weighted by Gasteiger charge is 2.43. The van der Waals surface area contributed by atoms with Crippen LogP contribution in [-0.2, 0) is 9.53 Å². The number of imide groups is 1. The Morgan fingerprint density at radius 3 is 2.60 bits per heavy atom. The maximum absolute atomic E-state index is 12.5. The number of aromatic nitrogens is 1. The van der Waals surface area contributed by atoms with E-state index in [2.05, 4.69) is 15.0 Å². The molecule has 0 radical (unpaired) electrons. The van der Waals surface area contributed by atoms with Crippen molar-refractivity contribution in [2.45, 2.75) is 56.7 Å². The molecular formula is C18H21F3N4O5. The van der Waals surface area contributed by atoms with E-state index in [0.29, 0.717) is 25.7 Å². The minimum atomic E-state index is -4.79. The predicted octanol–water partition coefficient (Wildman–Crippen LogP) is 1.72. The molecule has 2 aliphatic rings. The van der Waals surface area contributed by atoms with Gasteiger partial charge in [0.2, 0.25) is 5.88 Å². The number of ether oxygens (including phenoxy) is 2. The Bertz CT molecular complexity index is 811. The number of urea groups is 1. The number of hydrogen-bond donors (Lipinski definition) is 2. The number of nitrogens with zero attached hydrogens (tertiary/aromatic N) is 2. The minimum Gasteiger partial charge on any atom is -0.474 e. The van der Waals surface area contributed by atoms with Crippen molar-refractivity contribution in [2.24, 2.45) is 5.73 Å². The highest BCUT2D eigenvalue weighted by molar-refractivity contribution is 6.04. The van der Waals surface area contributed by atoms with Gasteiger partial charge in [-0.3, -0.25) is 19.2 Å². The third-order valence-electron chi connectivity index (χ3n) is 5.05. The summed E-state index contributed by atoms with van der Waals surface area (Å²) in [5.41, 5.74) is 5.47. The Labute approximate surface area is 169 Å². The molecular weight excluding hydrogens is 409 g/mol. The summed E-state index contributed by atoms with van der Waals surface area (Å²) in [7, 11) is 0. The molecule has 164 valence electrons. The molecule has 4 amide bonds. The summed E-state index contributed by atoms with van der Waals surface area (Å²) in [4.78, 5) is 41.2. The van der Waals surface area contributed by atoms with Gasteiger partial charge in [0.05, 0.1) is 6.61 Å². The Morgan fingerprint density at radius 1 is 1.27 bits per heavy atom. The lowest BCUT2D eigenvalue weighted by atomic mass is 9.91. The van der Waals surface area contributed by atoms with Gasteiger partial charge in [-0.2, -0.15) is 0 Å². The first-order valence-corrected chi connectivity index (χ1v) is 9.41. The zero-order chi connectivity index (χ0) is 21.9. The molecule has 2 fully saturated rings. The second-order valence-electron chi connectivity index (χ2n) is 7.06. The Balaban J connectivity index is 1.53. The van der Waals surface area contributed by atoms with E-state index < -0.39 is 36.9 Å². The second-order valence-corrected chi connectivity index (χ2v) is 7.06. The number of carbonyl (C=O) groups excluding carboxylic acids is 3. The minimum absolute atomic E-state index is 0.133. The Hall–Kier alpha value is -2.89. The number of halogens is 3. The fourth-order valence-corrected chi connectivity index (χ4v) is 3.63. The van der Waals surface area contributed by atoms with E-state index in [1.165, 1.54) is 12.3 Å². The summed E-state index contributed by atoms with van der Waals surface area (Å²) in [6.07, 6.45) is -1.95. The molecule has 0 bridgehead atoms. The molecule has 1 aromatic heterocycles. The van der Waals surface area contributed by atoms with Crippen LogP contribution in [0.4, 0.5) is 18.0 Å². The Morgan fingerprint density at radius 2 is 1.97 bits per heavy atom. The van der Waals surface area contributed by atoms with Gasteiger partial charge in [0.15, 0.2) is 0 Å². The number of carbonyl (C=O) groups is 3. The van der Waals surface area contributed by atoms with E-state index in [9.17, 15) is 27.6 Å². The van der Waals surface area contributed by atoms with Crippen LogP contribution in [0.3, 0.4) is 0 Å². The summed E-state index contributed by atoms with van der Waals surface area (Å²) in [6.45, 7) is -0.721. The fraction of sp³-hybridized carbons (Fsp3) is 0.556. The predicted molar refractivity (Wildman–Crippen MR) is 95.2 cm³/mol. The van der Waals surface area contributed by atoms with Crippen molar-refractivity contribution in [1.29, 1.82) is 0 Å². The quantitative estimate of drug-likeness (QED) is 0.635. The molecule has 1 aromatic rings. The molecule has 3 rings (SSSR count). The second kappa shape index (κ2) is 8.86. The molecule has 1 aliphatic carbocycles. The van der Waals surface area contributed by atoms with Crippen molar-refractivity contribution >= 4 is 17.8 Å². The lowest BCUT2D eigenvalue weighted by Crippen LogP contribution is -2.44. The lowest BCUT2D eigenvalue weighted by molar-refractivity contribution is -0.324.